The standard InChI is InChI=1S/C25H30N4O2S/c1-29(2)23-13-11-18(15-26-23)21(14-24(30)31)25-28-20(16-32-25)8-5-7-19-12-10-17-6-3-4-9-22(17)27-19/h10-13,15-16,21H,3-9,14H2,1-2H3,(H,30,31). The van der Waals surface area contributed by atoms with Crippen molar-refractivity contribution in [1.82, 2.24) is 15.0 Å². The van der Waals surface area contributed by atoms with Crippen LogP contribution in [0.4, 0.5) is 5.82 Å². The van der Waals surface area contributed by atoms with Gasteiger partial charge in [-0.3, -0.25) is 9.78 Å². The zero-order valence-electron chi connectivity index (χ0n) is 18.8. The van der Waals surface area contributed by atoms with Gasteiger partial charge < -0.3 is 10.0 Å². The number of aryl methyl sites for hydroxylation is 4. The Labute approximate surface area is 193 Å². The molecule has 4 rings (SSSR count). The highest BCUT2D eigenvalue weighted by atomic mass is 32.1. The third-order valence-corrected chi connectivity index (χ3v) is 6.99. The van der Waals surface area contributed by atoms with Crippen LogP contribution in [0.1, 0.15) is 64.8 Å². The van der Waals surface area contributed by atoms with Crippen LogP contribution in [0.15, 0.2) is 35.8 Å². The summed E-state index contributed by atoms with van der Waals surface area (Å²) in [6, 6.07) is 8.30. The lowest BCUT2D eigenvalue weighted by Gasteiger charge is -2.15. The van der Waals surface area contributed by atoms with Gasteiger partial charge in [-0.25, -0.2) is 9.97 Å². The summed E-state index contributed by atoms with van der Waals surface area (Å²) in [6.45, 7) is 0. The van der Waals surface area contributed by atoms with Crippen molar-refractivity contribution in [3.8, 4) is 0 Å². The summed E-state index contributed by atoms with van der Waals surface area (Å²) < 4.78 is 0. The fourth-order valence-electron chi connectivity index (χ4n) is 4.21. The van der Waals surface area contributed by atoms with Gasteiger partial charge in [0.1, 0.15) is 10.8 Å². The average molecular weight is 451 g/mol. The van der Waals surface area contributed by atoms with Gasteiger partial charge in [-0.15, -0.1) is 11.3 Å². The predicted octanol–water partition coefficient (Wildman–Crippen LogP) is 4.66. The number of hydrogen-bond acceptors (Lipinski definition) is 6. The Balaban J connectivity index is 1.40. The van der Waals surface area contributed by atoms with Crippen LogP contribution in [-0.2, 0) is 30.5 Å². The molecule has 1 aliphatic rings. The first-order valence-corrected chi connectivity index (χ1v) is 12.1. The van der Waals surface area contributed by atoms with Crippen LogP contribution in [0, 0.1) is 0 Å². The summed E-state index contributed by atoms with van der Waals surface area (Å²) in [5, 5.41) is 12.4. The zero-order valence-corrected chi connectivity index (χ0v) is 19.6. The van der Waals surface area contributed by atoms with Crippen LogP contribution < -0.4 is 4.90 Å². The SMILES string of the molecule is CN(C)c1ccc(C(CC(=O)O)c2nc(CCCc3ccc4c(n3)CCCC4)cs2)cn1. The fraction of sp³-hybridized carbons (Fsp3) is 0.440. The smallest absolute Gasteiger partial charge is 0.304 e. The number of nitrogens with zero attached hydrogens (tertiary/aromatic N) is 4. The zero-order chi connectivity index (χ0) is 22.5. The Morgan fingerprint density at radius 3 is 2.66 bits per heavy atom. The molecule has 0 aromatic carbocycles. The molecule has 3 aromatic heterocycles. The molecule has 0 saturated heterocycles. The molecule has 0 fully saturated rings. The minimum Gasteiger partial charge on any atom is -0.481 e. The largest absolute Gasteiger partial charge is 0.481 e. The first-order valence-electron chi connectivity index (χ1n) is 11.3. The van der Waals surface area contributed by atoms with Crippen molar-refractivity contribution in [2.75, 3.05) is 19.0 Å². The molecule has 0 bridgehead atoms. The minimum absolute atomic E-state index is 0.00892. The second-order valence-electron chi connectivity index (χ2n) is 8.64. The molecule has 3 aromatic rings. The number of hydrogen-bond donors (Lipinski definition) is 1. The summed E-state index contributed by atoms with van der Waals surface area (Å²) in [5.41, 5.74) is 5.78. The van der Waals surface area contributed by atoms with Crippen LogP contribution in [0.5, 0.6) is 0 Å². The van der Waals surface area contributed by atoms with Gasteiger partial charge in [-0.05, 0) is 68.2 Å². The number of rotatable bonds is 9. The molecular weight excluding hydrogens is 420 g/mol. The van der Waals surface area contributed by atoms with E-state index in [4.69, 9.17) is 9.97 Å². The number of carboxylic acids is 1. The lowest BCUT2D eigenvalue weighted by atomic mass is 9.95. The number of carbonyl (C=O) groups is 1. The molecule has 6 nitrogen and oxygen atoms in total. The van der Waals surface area contributed by atoms with Crippen molar-refractivity contribution in [2.24, 2.45) is 0 Å². The van der Waals surface area contributed by atoms with E-state index in [1.54, 1.807) is 17.5 Å². The van der Waals surface area contributed by atoms with Crippen molar-refractivity contribution < 1.29 is 9.90 Å². The molecule has 168 valence electrons. The Morgan fingerprint density at radius 1 is 1.09 bits per heavy atom. The first kappa shape index (κ1) is 22.4. The van der Waals surface area contributed by atoms with Crippen molar-refractivity contribution in [3.63, 3.8) is 0 Å². The Morgan fingerprint density at radius 2 is 1.91 bits per heavy atom. The normalized spacial score (nSPS) is 14.1. The van der Waals surface area contributed by atoms with Crippen LogP contribution in [0.2, 0.25) is 0 Å². The second-order valence-corrected chi connectivity index (χ2v) is 9.53. The third-order valence-electron chi connectivity index (χ3n) is 5.98. The van der Waals surface area contributed by atoms with Gasteiger partial charge in [0.15, 0.2) is 0 Å². The number of pyridine rings is 2. The molecule has 1 atom stereocenters. The van der Waals surface area contributed by atoms with E-state index in [1.165, 1.54) is 24.1 Å². The quantitative estimate of drug-likeness (QED) is 0.511. The summed E-state index contributed by atoms with van der Waals surface area (Å²) in [4.78, 5) is 27.6. The molecular formula is C25H30N4O2S. The number of anilines is 1. The van der Waals surface area contributed by atoms with Gasteiger partial charge in [-0.1, -0.05) is 12.1 Å². The highest BCUT2D eigenvalue weighted by Gasteiger charge is 2.22. The molecule has 1 aliphatic carbocycles. The van der Waals surface area contributed by atoms with E-state index in [1.807, 2.05) is 31.1 Å². The van der Waals surface area contributed by atoms with Crippen molar-refractivity contribution in [1.29, 1.82) is 0 Å². The number of aromatic nitrogens is 3. The number of aliphatic carboxylic acids is 1. The van der Waals surface area contributed by atoms with E-state index < -0.39 is 5.97 Å². The summed E-state index contributed by atoms with van der Waals surface area (Å²) in [6.07, 6.45) is 9.36. The van der Waals surface area contributed by atoms with E-state index in [9.17, 15) is 9.90 Å². The van der Waals surface area contributed by atoms with Gasteiger partial charge in [-0.2, -0.15) is 0 Å². The van der Waals surface area contributed by atoms with Crippen LogP contribution in [0.25, 0.3) is 0 Å². The third kappa shape index (κ3) is 5.51. The van der Waals surface area contributed by atoms with Crippen LogP contribution >= 0.6 is 11.3 Å². The fourth-order valence-corrected chi connectivity index (χ4v) is 5.19. The van der Waals surface area contributed by atoms with E-state index in [-0.39, 0.29) is 12.3 Å². The second kappa shape index (κ2) is 10.2. The van der Waals surface area contributed by atoms with E-state index in [2.05, 4.69) is 22.5 Å². The van der Waals surface area contributed by atoms with Gasteiger partial charge in [0.25, 0.3) is 0 Å². The lowest BCUT2D eigenvalue weighted by Crippen LogP contribution is -2.12. The first-order chi connectivity index (χ1) is 15.5. The molecule has 7 heteroatoms. The Hall–Kier alpha value is -2.80. The molecule has 3 heterocycles. The number of fused-ring (bicyclic) bond motifs is 1. The average Bonchev–Trinajstić information content (AvgIpc) is 3.26. The molecule has 0 radical (unpaired) electrons. The lowest BCUT2D eigenvalue weighted by molar-refractivity contribution is -0.137. The summed E-state index contributed by atoms with van der Waals surface area (Å²) in [5.74, 6) is -0.266. The van der Waals surface area contributed by atoms with Crippen LogP contribution in [-0.4, -0.2) is 40.1 Å². The summed E-state index contributed by atoms with van der Waals surface area (Å²) in [7, 11) is 3.87. The Bertz CT molecular complexity index is 1060. The van der Waals surface area contributed by atoms with Gasteiger partial charge >= 0.3 is 5.97 Å². The van der Waals surface area contributed by atoms with Crippen molar-refractivity contribution in [3.05, 3.63) is 69.1 Å². The topological polar surface area (TPSA) is 79.2 Å². The maximum atomic E-state index is 11.5. The number of carboxylic acid groups (broad SMARTS) is 1. The van der Waals surface area contributed by atoms with Gasteiger partial charge in [0.2, 0.25) is 0 Å². The molecule has 32 heavy (non-hydrogen) atoms. The van der Waals surface area contributed by atoms with Crippen LogP contribution in [0.3, 0.4) is 0 Å². The maximum Gasteiger partial charge on any atom is 0.304 e. The molecule has 0 spiro atoms. The predicted molar refractivity (Wildman–Crippen MR) is 128 cm³/mol. The highest BCUT2D eigenvalue weighted by molar-refractivity contribution is 7.09. The van der Waals surface area contributed by atoms with E-state index in [0.717, 1.165) is 59.9 Å². The van der Waals surface area contributed by atoms with Gasteiger partial charge in [0.05, 0.1) is 12.1 Å². The minimum atomic E-state index is -0.832. The van der Waals surface area contributed by atoms with E-state index >= 15 is 0 Å². The number of thiazole rings is 1. The molecule has 0 amide bonds. The maximum absolute atomic E-state index is 11.5. The highest BCUT2D eigenvalue weighted by Crippen LogP contribution is 2.31. The molecule has 1 unspecified atom stereocenters. The monoisotopic (exact) mass is 450 g/mol. The van der Waals surface area contributed by atoms with E-state index in [0.29, 0.717) is 0 Å². The Kier molecular flexibility index (Phi) is 7.15. The van der Waals surface area contributed by atoms with Crippen molar-refractivity contribution in [2.45, 2.75) is 57.3 Å². The molecule has 0 saturated carbocycles. The molecule has 0 aliphatic heterocycles. The summed E-state index contributed by atoms with van der Waals surface area (Å²) >= 11 is 1.54. The molecule has 1 N–H and O–H groups in total. The van der Waals surface area contributed by atoms with Gasteiger partial charge in [0, 0.05) is 43.0 Å². The van der Waals surface area contributed by atoms with Crippen molar-refractivity contribution >= 4 is 23.1 Å².